The van der Waals surface area contributed by atoms with Gasteiger partial charge in [-0.05, 0) is 36.6 Å². The largest absolute Gasteiger partial charge is 0.389 e. The van der Waals surface area contributed by atoms with Crippen LogP contribution in [-0.4, -0.2) is 46.0 Å². The second-order valence-corrected chi connectivity index (χ2v) is 6.67. The van der Waals surface area contributed by atoms with Crippen LogP contribution in [0.25, 0.3) is 0 Å². The van der Waals surface area contributed by atoms with Crippen molar-refractivity contribution in [2.24, 2.45) is 0 Å². The zero-order valence-corrected chi connectivity index (χ0v) is 13.9. The molecule has 2 N–H and O–H groups in total. The van der Waals surface area contributed by atoms with Gasteiger partial charge in [-0.3, -0.25) is 14.5 Å². The Bertz CT molecular complexity index is 773. The van der Waals surface area contributed by atoms with Gasteiger partial charge in [0.2, 0.25) is 5.56 Å². The Hall–Kier alpha value is -2.31. The van der Waals surface area contributed by atoms with Crippen LogP contribution in [0.4, 0.5) is 4.39 Å². The maximum Gasteiger partial charge on any atom is 0.247 e. The number of pyridine rings is 1. The molecular formula is C19H21FN2O3. The van der Waals surface area contributed by atoms with E-state index in [0.717, 1.165) is 5.56 Å². The van der Waals surface area contributed by atoms with Crippen LogP contribution in [0.5, 0.6) is 0 Å². The molecular weight excluding hydrogens is 323 g/mol. The minimum atomic E-state index is -0.824. The molecule has 6 heteroatoms. The Balaban J connectivity index is 1.54. The minimum Gasteiger partial charge on any atom is -0.389 e. The van der Waals surface area contributed by atoms with Crippen LogP contribution in [0.15, 0.2) is 47.4 Å². The summed E-state index contributed by atoms with van der Waals surface area (Å²) in [6.45, 7) is 1.50. The molecule has 1 aliphatic heterocycles. The molecule has 0 bridgehead atoms. The molecule has 0 amide bonds. The molecule has 25 heavy (non-hydrogen) atoms. The highest BCUT2D eigenvalue weighted by molar-refractivity contribution is 5.97. The van der Waals surface area contributed by atoms with E-state index in [1.807, 2.05) is 4.90 Å². The Morgan fingerprint density at radius 1 is 1.16 bits per heavy atom. The molecule has 0 spiro atoms. The van der Waals surface area contributed by atoms with Crippen LogP contribution in [0.3, 0.4) is 0 Å². The van der Waals surface area contributed by atoms with Crippen molar-refractivity contribution < 1.29 is 14.3 Å². The molecule has 0 aliphatic carbocycles. The maximum absolute atomic E-state index is 13.0. The maximum atomic E-state index is 13.0. The van der Waals surface area contributed by atoms with Crippen LogP contribution < -0.4 is 5.56 Å². The smallest absolute Gasteiger partial charge is 0.247 e. The van der Waals surface area contributed by atoms with Crippen molar-refractivity contribution in [3.05, 3.63) is 69.9 Å². The van der Waals surface area contributed by atoms with Gasteiger partial charge >= 0.3 is 0 Å². The standard InChI is InChI=1S/C19H21FN2O3/c20-16-4-1-14(2-5-16)11-19(25)7-9-22(10-8-19)13-17(23)15-3-6-18(24)21-12-15/h1-6,12,25H,7-11,13H2,(H,21,24). The molecule has 0 unspecified atom stereocenters. The van der Waals surface area contributed by atoms with Crippen molar-refractivity contribution in [3.8, 4) is 0 Å². The number of hydrogen-bond acceptors (Lipinski definition) is 4. The molecule has 1 aromatic heterocycles. The zero-order chi connectivity index (χ0) is 17.9. The van der Waals surface area contributed by atoms with E-state index < -0.39 is 5.60 Å². The molecule has 1 aromatic carbocycles. The number of piperidine rings is 1. The third-order valence-electron chi connectivity index (χ3n) is 4.71. The monoisotopic (exact) mass is 344 g/mol. The molecule has 132 valence electrons. The molecule has 2 aromatic rings. The second-order valence-electron chi connectivity index (χ2n) is 6.67. The summed E-state index contributed by atoms with van der Waals surface area (Å²) in [5.41, 5.74) is 0.323. The SMILES string of the molecule is O=C(CN1CCC(O)(Cc2ccc(F)cc2)CC1)c1ccc(=O)[nH]c1. The number of nitrogens with one attached hydrogen (secondary N) is 1. The lowest BCUT2D eigenvalue weighted by Gasteiger charge is -2.38. The third-order valence-corrected chi connectivity index (χ3v) is 4.71. The lowest BCUT2D eigenvalue weighted by molar-refractivity contribution is -0.0193. The number of Topliss-reactive ketones (excluding diaryl/α,β-unsaturated/α-hetero) is 1. The first-order chi connectivity index (χ1) is 11.9. The average Bonchev–Trinajstić information content (AvgIpc) is 2.60. The number of likely N-dealkylation sites (tertiary alicyclic amines) is 1. The van der Waals surface area contributed by atoms with Crippen LogP contribution in [0.1, 0.15) is 28.8 Å². The van der Waals surface area contributed by atoms with Gasteiger partial charge in [-0.2, -0.15) is 0 Å². The molecule has 1 fully saturated rings. The minimum absolute atomic E-state index is 0.0553. The van der Waals surface area contributed by atoms with Crippen molar-refractivity contribution in [2.75, 3.05) is 19.6 Å². The predicted molar refractivity (Wildman–Crippen MR) is 92.1 cm³/mol. The molecule has 1 aliphatic rings. The summed E-state index contributed by atoms with van der Waals surface area (Å²) in [6.07, 6.45) is 3.03. The summed E-state index contributed by atoms with van der Waals surface area (Å²) in [5.74, 6) is -0.341. The van der Waals surface area contributed by atoms with Crippen molar-refractivity contribution in [1.82, 2.24) is 9.88 Å². The highest BCUT2D eigenvalue weighted by atomic mass is 19.1. The van der Waals surface area contributed by atoms with Gasteiger partial charge in [0, 0.05) is 37.3 Å². The van der Waals surface area contributed by atoms with Crippen molar-refractivity contribution in [3.63, 3.8) is 0 Å². The van der Waals surface area contributed by atoms with E-state index in [4.69, 9.17) is 0 Å². The van der Waals surface area contributed by atoms with Gasteiger partial charge in [0.1, 0.15) is 5.82 Å². The predicted octanol–water partition coefficient (Wildman–Crippen LogP) is 1.77. The number of aromatic amines is 1. The van der Waals surface area contributed by atoms with Gasteiger partial charge in [0.25, 0.3) is 0 Å². The van der Waals surface area contributed by atoms with E-state index in [-0.39, 0.29) is 23.7 Å². The fourth-order valence-electron chi connectivity index (χ4n) is 3.16. The van der Waals surface area contributed by atoms with Crippen LogP contribution in [0, 0.1) is 5.82 Å². The van der Waals surface area contributed by atoms with Crippen molar-refractivity contribution in [1.29, 1.82) is 0 Å². The number of nitrogens with zero attached hydrogens (tertiary/aromatic N) is 1. The van der Waals surface area contributed by atoms with E-state index >= 15 is 0 Å². The first kappa shape index (κ1) is 17.5. The first-order valence-corrected chi connectivity index (χ1v) is 8.35. The Morgan fingerprint density at radius 3 is 2.44 bits per heavy atom. The first-order valence-electron chi connectivity index (χ1n) is 8.35. The highest BCUT2D eigenvalue weighted by Crippen LogP contribution is 2.26. The number of carbonyl (C=O) groups excluding carboxylic acids is 1. The number of aromatic nitrogens is 1. The topological polar surface area (TPSA) is 73.4 Å². The van der Waals surface area contributed by atoms with E-state index in [2.05, 4.69) is 4.98 Å². The van der Waals surface area contributed by atoms with E-state index in [1.165, 1.54) is 30.5 Å². The normalized spacial score (nSPS) is 17.4. The molecule has 0 atom stereocenters. The van der Waals surface area contributed by atoms with Gasteiger partial charge in [0.15, 0.2) is 5.78 Å². The lowest BCUT2D eigenvalue weighted by Crippen LogP contribution is -2.47. The van der Waals surface area contributed by atoms with Gasteiger partial charge in [-0.1, -0.05) is 12.1 Å². The number of H-pyrrole nitrogens is 1. The molecule has 2 heterocycles. The fraction of sp³-hybridized carbons (Fsp3) is 0.368. The molecule has 5 nitrogen and oxygen atoms in total. The average molecular weight is 344 g/mol. The van der Waals surface area contributed by atoms with Crippen LogP contribution in [-0.2, 0) is 6.42 Å². The number of halogens is 1. The van der Waals surface area contributed by atoms with Crippen molar-refractivity contribution in [2.45, 2.75) is 24.9 Å². The summed E-state index contributed by atoms with van der Waals surface area (Å²) in [7, 11) is 0. The van der Waals surface area contributed by atoms with E-state index in [0.29, 0.717) is 37.9 Å². The molecule has 1 saturated heterocycles. The number of benzene rings is 1. The van der Waals surface area contributed by atoms with Crippen molar-refractivity contribution >= 4 is 5.78 Å². The summed E-state index contributed by atoms with van der Waals surface area (Å²) >= 11 is 0. The third kappa shape index (κ3) is 4.61. The summed E-state index contributed by atoms with van der Waals surface area (Å²) in [6, 6.07) is 9.05. The summed E-state index contributed by atoms with van der Waals surface area (Å²) < 4.78 is 13.0. The number of ketones is 1. The van der Waals surface area contributed by atoms with Gasteiger partial charge in [0.05, 0.1) is 12.1 Å². The Kier molecular flexibility index (Phi) is 5.11. The number of rotatable bonds is 5. The van der Waals surface area contributed by atoms with Gasteiger partial charge in [-0.15, -0.1) is 0 Å². The highest BCUT2D eigenvalue weighted by Gasteiger charge is 2.33. The van der Waals surface area contributed by atoms with Crippen LogP contribution in [0.2, 0.25) is 0 Å². The van der Waals surface area contributed by atoms with Gasteiger partial charge in [-0.25, -0.2) is 4.39 Å². The van der Waals surface area contributed by atoms with Gasteiger partial charge < -0.3 is 10.1 Å². The quantitative estimate of drug-likeness (QED) is 0.811. The molecule has 0 radical (unpaired) electrons. The van der Waals surface area contributed by atoms with E-state index in [9.17, 15) is 19.1 Å². The second kappa shape index (κ2) is 7.29. The Morgan fingerprint density at radius 2 is 1.84 bits per heavy atom. The number of carbonyl (C=O) groups is 1. The van der Waals surface area contributed by atoms with E-state index in [1.54, 1.807) is 12.1 Å². The Labute approximate surface area is 145 Å². The fourth-order valence-corrected chi connectivity index (χ4v) is 3.16. The molecule has 0 saturated carbocycles. The summed E-state index contributed by atoms with van der Waals surface area (Å²) in [5, 5.41) is 10.7. The number of hydrogen-bond donors (Lipinski definition) is 2. The summed E-state index contributed by atoms with van der Waals surface area (Å²) in [4.78, 5) is 27.8. The molecule has 3 rings (SSSR count). The zero-order valence-electron chi connectivity index (χ0n) is 13.9. The van der Waals surface area contributed by atoms with Crippen LogP contribution >= 0.6 is 0 Å². The lowest BCUT2D eigenvalue weighted by atomic mass is 9.85. The number of aliphatic hydroxyl groups is 1.